The van der Waals surface area contributed by atoms with Crippen LogP contribution < -0.4 is 0 Å². The van der Waals surface area contributed by atoms with E-state index in [0.717, 1.165) is 23.1 Å². The molecule has 2 heterocycles. The smallest absolute Gasteiger partial charge is 0.277 e. The average molecular weight is 371 g/mol. The summed E-state index contributed by atoms with van der Waals surface area (Å²) in [5, 5.41) is 7.97. The van der Waals surface area contributed by atoms with E-state index in [0.29, 0.717) is 12.1 Å². The van der Waals surface area contributed by atoms with Crippen molar-refractivity contribution in [1.82, 2.24) is 14.8 Å². The number of rotatable bonds is 7. The largest absolute Gasteiger partial charge is 0.411 e. The number of nitrogens with zero attached hydrogens (tertiary/aromatic N) is 3. The van der Waals surface area contributed by atoms with E-state index in [9.17, 15) is 9.18 Å². The average Bonchev–Trinajstić information content (AvgIpc) is 3.20. The molecule has 134 valence electrons. The third-order valence-corrected chi connectivity index (χ3v) is 4.84. The van der Waals surface area contributed by atoms with Gasteiger partial charge in [-0.05, 0) is 32.0 Å². The molecule has 0 unspecified atom stereocenters. The van der Waals surface area contributed by atoms with Crippen LogP contribution in [-0.4, -0.2) is 26.3 Å². The minimum absolute atomic E-state index is 0.0240. The molecule has 3 aromatic rings. The first-order chi connectivity index (χ1) is 12.5. The number of carbonyl (C=O) groups is 1. The fraction of sp³-hybridized carbons (Fsp3) is 0.211. The van der Waals surface area contributed by atoms with Crippen molar-refractivity contribution < 1.29 is 13.6 Å². The number of hydrogen-bond acceptors (Lipinski definition) is 5. The Morgan fingerprint density at radius 2 is 2.12 bits per heavy atom. The highest BCUT2D eigenvalue weighted by Gasteiger charge is 2.18. The normalized spacial score (nSPS) is 10.9. The van der Waals surface area contributed by atoms with Crippen molar-refractivity contribution in [2.75, 3.05) is 5.75 Å². The van der Waals surface area contributed by atoms with Gasteiger partial charge >= 0.3 is 0 Å². The lowest BCUT2D eigenvalue weighted by Crippen LogP contribution is -2.06. The number of aromatic nitrogens is 3. The van der Waals surface area contributed by atoms with Crippen LogP contribution in [0.5, 0.6) is 0 Å². The van der Waals surface area contributed by atoms with Gasteiger partial charge < -0.3 is 8.98 Å². The van der Waals surface area contributed by atoms with Crippen molar-refractivity contribution in [1.29, 1.82) is 0 Å². The molecule has 0 saturated heterocycles. The fourth-order valence-corrected chi connectivity index (χ4v) is 3.36. The second kappa shape index (κ2) is 7.70. The van der Waals surface area contributed by atoms with Gasteiger partial charge in [0, 0.05) is 23.5 Å². The van der Waals surface area contributed by atoms with Crippen LogP contribution in [0.1, 0.15) is 21.7 Å². The van der Waals surface area contributed by atoms with Crippen LogP contribution in [0.25, 0.3) is 11.5 Å². The minimum Gasteiger partial charge on any atom is -0.411 e. The van der Waals surface area contributed by atoms with E-state index in [-0.39, 0.29) is 28.2 Å². The number of benzene rings is 1. The molecule has 0 spiro atoms. The summed E-state index contributed by atoms with van der Waals surface area (Å²) in [6.07, 6.45) is 1.80. The van der Waals surface area contributed by atoms with Crippen LogP contribution in [0.15, 0.2) is 52.6 Å². The predicted octanol–water partition coefficient (Wildman–Crippen LogP) is 4.46. The first-order valence-corrected chi connectivity index (χ1v) is 9.02. The summed E-state index contributed by atoms with van der Waals surface area (Å²) in [4.78, 5) is 12.5. The molecule has 26 heavy (non-hydrogen) atoms. The van der Waals surface area contributed by atoms with Gasteiger partial charge in [0.2, 0.25) is 0 Å². The van der Waals surface area contributed by atoms with Gasteiger partial charge in [0.05, 0.1) is 11.3 Å². The Bertz CT molecular complexity index is 962. The van der Waals surface area contributed by atoms with Gasteiger partial charge in [-0.25, -0.2) is 4.39 Å². The van der Waals surface area contributed by atoms with Gasteiger partial charge in [0.25, 0.3) is 11.1 Å². The molecular formula is C19H18FN3O2S. The van der Waals surface area contributed by atoms with E-state index < -0.39 is 5.82 Å². The molecule has 0 amide bonds. The zero-order chi connectivity index (χ0) is 18.7. The Morgan fingerprint density at radius 1 is 1.35 bits per heavy atom. The molecule has 0 bridgehead atoms. The minimum atomic E-state index is -0.432. The van der Waals surface area contributed by atoms with Crippen LogP contribution >= 0.6 is 11.8 Å². The maximum absolute atomic E-state index is 13.8. The second-order valence-corrected chi connectivity index (χ2v) is 6.68. The number of Topliss-reactive ketones (excluding diaryl/α,β-unsaturated/α-hetero) is 1. The Hall–Kier alpha value is -2.67. The van der Waals surface area contributed by atoms with Gasteiger partial charge in [-0.3, -0.25) is 4.79 Å². The highest BCUT2D eigenvalue weighted by atomic mass is 32.2. The SMILES string of the molecule is C=CCn1c(C)cc(C(=O)CSc2nnc(-c3ccccc3F)o2)c1C. The monoisotopic (exact) mass is 371 g/mol. The summed E-state index contributed by atoms with van der Waals surface area (Å²) in [5.74, 6) is -0.193. The Balaban J connectivity index is 1.70. The van der Waals surface area contributed by atoms with E-state index >= 15 is 0 Å². The summed E-state index contributed by atoms with van der Waals surface area (Å²) in [5.41, 5.74) is 2.83. The molecule has 0 radical (unpaired) electrons. The molecule has 1 aromatic carbocycles. The van der Waals surface area contributed by atoms with Crippen molar-refractivity contribution >= 4 is 17.5 Å². The zero-order valence-electron chi connectivity index (χ0n) is 14.5. The lowest BCUT2D eigenvalue weighted by molar-refractivity contribution is 0.102. The molecule has 5 nitrogen and oxygen atoms in total. The number of allylic oxidation sites excluding steroid dienone is 1. The Kier molecular flexibility index (Phi) is 5.37. The standard InChI is InChI=1S/C19H18FN3O2S/c1-4-9-23-12(2)10-15(13(23)3)17(24)11-26-19-22-21-18(25-19)14-7-5-6-8-16(14)20/h4-8,10H,1,9,11H2,2-3H3. The molecule has 0 aliphatic carbocycles. The second-order valence-electron chi connectivity index (χ2n) is 5.75. The van der Waals surface area contributed by atoms with Crippen molar-refractivity contribution in [3.63, 3.8) is 0 Å². The van der Waals surface area contributed by atoms with Crippen LogP contribution in [0.3, 0.4) is 0 Å². The number of carbonyl (C=O) groups excluding carboxylic acids is 1. The summed E-state index contributed by atoms with van der Waals surface area (Å²) in [6, 6.07) is 8.05. The quantitative estimate of drug-likeness (QED) is 0.349. The molecule has 0 fully saturated rings. The van der Waals surface area contributed by atoms with Crippen molar-refractivity contribution in [2.45, 2.75) is 25.6 Å². The summed E-state index contributed by atoms with van der Waals surface area (Å²) >= 11 is 1.14. The first kappa shape index (κ1) is 18.1. The number of hydrogen-bond donors (Lipinski definition) is 0. The van der Waals surface area contributed by atoms with Gasteiger partial charge in [-0.2, -0.15) is 0 Å². The number of aryl methyl sites for hydroxylation is 1. The number of ketones is 1. The van der Waals surface area contributed by atoms with Crippen molar-refractivity contribution in [3.05, 3.63) is 65.8 Å². The van der Waals surface area contributed by atoms with E-state index in [1.54, 1.807) is 24.3 Å². The topological polar surface area (TPSA) is 60.9 Å². The number of thioether (sulfide) groups is 1. The highest BCUT2D eigenvalue weighted by Crippen LogP contribution is 2.26. The Morgan fingerprint density at radius 3 is 2.85 bits per heavy atom. The third-order valence-electron chi connectivity index (χ3n) is 4.02. The Labute approximate surface area is 154 Å². The van der Waals surface area contributed by atoms with E-state index in [2.05, 4.69) is 16.8 Å². The molecule has 0 N–H and O–H groups in total. The van der Waals surface area contributed by atoms with Crippen molar-refractivity contribution in [2.24, 2.45) is 0 Å². The molecular weight excluding hydrogens is 353 g/mol. The van der Waals surface area contributed by atoms with Gasteiger partial charge in [0.1, 0.15) is 5.82 Å². The van der Waals surface area contributed by atoms with Crippen molar-refractivity contribution in [3.8, 4) is 11.5 Å². The summed E-state index contributed by atoms with van der Waals surface area (Å²) in [6.45, 7) is 8.27. The summed E-state index contributed by atoms with van der Waals surface area (Å²) in [7, 11) is 0. The van der Waals surface area contributed by atoms with Crippen LogP contribution in [0, 0.1) is 19.7 Å². The van der Waals surface area contributed by atoms with E-state index in [1.807, 2.05) is 24.5 Å². The molecule has 7 heteroatoms. The van der Waals surface area contributed by atoms with Gasteiger partial charge in [0.15, 0.2) is 5.78 Å². The zero-order valence-corrected chi connectivity index (χ0v) is 15.3. The van der Waals surface area contributed by atoms with Gasteiger partial charge in [-0.15, -0.1) is 16.8 Å². The lowest BCUT2D eigenvalue weighted by Gasteiger charge is -2.05. The molecule has 0 aliphatic heterocycles. The number of halogens is 1. The fourth-order valence-electron chi connectivity index (χ4n) is 2.71. The molecule has 2 aromatic heterocycles. The van der Waals surface area contributed by atoms with E-state index in [4.69, 9.17) is 4.42 Å². The first-order valence-electron chi connectivity index (χ1n) is 8.03. The maximum Gasteiger partial charge on any atom is 0.277 e. The van der Waals surface area contributed by atoms with Crippen LogP contribution in [0.4, 0.5) is 4.39 Å². The maximum atomic E-state index is 13.8. The third kappa shape index (κ3) is 3.62. The molecule has 0 saturated carbocycles. The predicted molar refractivity (Wildman–Crippen MR) is 98.8 cm³/mol. The lowest BCUT2D eigenvalue weighted by atomic mass is 10.2. The van der Waals surface area contributed by atoms with Crippen LogP contribution in [0.2, 0.25) is 0 Å². The highest BCUT2D eigenvalue weighted by molar-refractivity contribution is 7.99. The molecule has 3 rings (SSSR count). The molecule has 0 atom stereocenters. The van der Waals surface area contributed by atoms with E-state index in [1.165, 1.54) is 6.07 Å². The molecule has 0 aliphatic rings. The summed E-state index contributed by atoms with van der Waals surface area (Å²) < 4.78 is 21.3. The van der Waals surface area contributed by atoms with Gasteiger partial charge in [-0.1, -0.05) is 30.0 Å². The van der Waals surface area contributed by atoms with Crippen LogP contribution in [-0.2, 0) is 6.54 Å².